The zero-order valence-corrected chi connectivity index (χ0v) is 17.6. The quantitative estimate of drug-likeness (QED) is 0.629. The Balaban J connectivity index is 1.74. The van der Waals surface area contributed by atoms with E-state index in [9.17, 15) is 18.3 Å². The van der Waals surface area contributed by atoms with Crippen LogP contribution in [0.1, 0.15) is 57.8 Å². The molecule has 0 spiro atoms. The number of nitrogens with zero attached hydrogens (tertiary/aromatic N) is 2. The number of aliphatic hydroxyl groups is 1. The third kappa shape index (κ3) is 5.53. The Morgan fingerprint density at radius 2 is 1.93 bits per heavy atom. The van der Waals surface area contributed by atoms with Gasteiger partial charge in [-0.15, -0.1) is 0 Å². The number of hydrazine groups is 1. The first kappa shape index (κ1) is 22.1. The van der Waals surface area contributed by atoms with Gasteiger partial charge in [0.25, 0.3) is 5.91 Å². The smallest absolute Gasteiger partial charge is 0.251 e. The number of pyridine rings is 1. The van der Waals surface area contributed by atoms with Crippen molar-refractivity contribution in [2.75, 3.05) is 6.54 Å². The summed E-state index contributed by atoms with van der Waals surface area (Å²) in [5, 5.41) is 10.5. The maximum Gasteiger partial charge on any atom is 0.251 e. The lowest BCUT2D eigenvalue weighted by atomic mass is 9.85. The highest BCUT2D eigenvalue weighted by Gasteiger charge is 2.41. The lowest BCUT2D eigenvalue weighted by Crippen LogP contribution is -2.58. The Labute approximate surface area is 172 Å². The normalized spacial score (nSPS) is 25.9. The number of aliphatic hydroxyl groups excluding tert-OH is 1. The molecule has 2 unspecified atom stereocenters. The highest BCUT2D eigenvalue weighted by molar-refractivity contribution is 7.92. The van der Waals surface area contributed by atoms with Crippen LogP contribution in [-0.4, -0.2) is 53.5 Å². The molecule has 1 aliphatic carbocycles. The monoisotopic (exact) mass is 424 g/mol. The second kappa shape index (κ2) is 9.97. The number of aromatic nitrogens is 1. The van der Waals surface area contributed by atoms with E-state index >= 15 is 0 Å². The molecule has 3 atom stereocenters. The van der Waals surface area contributed by atoms with Crippen LogP contribution in [0.25, 0.3) is 0 Å². The summed E-state index contributed by atoms with van der Waals surface area (Å²) >= 11 is 0. The SMILES string of the molecule is NC(CC1CCCCC1)C(=O)NN1CCCCC(O)[C@@H]1S(=O)(=O)c1ccccn1. The van der Waals surface area contributed by atoms with Gasteiger partial charge in [-0.05, 0) is 43.7 Å². The average molecular weight is 425 g/mol. The van der Waals surface area contributed by atoms with Crippen molar-refractivity contribution in [1.29, 1.82) is 0 Å². The van der Waals surface area contributed by atoms with E-state index in [0.717, 1.165) is 12.8 Å². The number of rotatable bonds is 6. The molecule has 2 fully saturated rings. The van der Waals surface area contributed by atoms with E-state index in [0.29, 0.717) is 38.1 Å². The molecule has 1 saturated heterocycles. The number of carbonyl (C=O) groups excluding carboxylic acids is 1. The minimum atomic E-state index is -3.97. The lowest BCUT2D eigenvalue weighted by molar-refractivity contribution is -0.128. The van der Waals surface area contributed by atoms with Crippen molar-refractivity contribution in [1.82, 2.24) is 15.4 Å². The Kier molecular flexibility index (Phi) is 7.61. The first-order valence-electron chi connectivity index (χ1n) is 10.6. The highest BCUT2D eigenvalue weighted by Crippen LogP contribution is 2.28. The van der Waals surface area contributed by atoms with Crippen molar-refractivity contribution in [2.24, 2.45) is 11.7 Å². The van der Waals surface area contributed by atoms with Gasteiger partial charge in [0.15, 0.2) is 10.4 Å². The van der Waals surface area contributed by atoms with Crippen molar-refractivity contribution in [2.45, 2.75) is 80.3 Å². The van der Waals surface area contributed by atoms with Gasteiger partial charge in [0, 0.05) is 12.7 Å². The molecule has 29 heavy (non-hydrogen) atoms. The molecule has 0 bridgehead atoms. The molecule has 1 amide bonds. The highest BCUT2D eigenvalue weighted by atomic mass is 32.2. The average Bonchev–Trinajstić information content (AvgIpc) is 2.90. The fourth-order valence-electron chi connectivity index (χ4n) is 4.36. The predicted octanol–water partition coefficient (Wildman–Crippen LogP) is 1.36. The van der Waals surface area contributed by atoms with Gasteiger partial charge in [-0.25, -0.2) is 18.4 Å². The van der Waals surface area contributed by atoms with Crippen LogP contribution in [-0.2, 0) is 14.6 Å². The lowest BCUT2D eigenvalue weighted by Gasteiger charge is -2.33. The molecule has 4 N–H and O–H groups in total. The minimum absolute atomic E-state index is 0.114. The molecule has 1 aliphatic heterocycles. The van der Waals surface area contributed by atoms with Crippen molar-refractivity contribution in [3.63, 3.8) is 0 Å². The number of amides is 1. The van der Waals surface area contributed by atoms with Gasteiger partial charge < -0.3 is 10.8 Å². The van der Waals surface area contributed by atoms with E-state index in [1.807, 2.05) is 0 Å². The zero-order valence-electron chi connectivity index (χ0n) is 16.7. The van der Waals surface area contributed by atoms with Gasteiger partial charge in [-0.2, -0.15) is 0 Å². The van der Waals surface area contributed by atoms with Gasteiger partial charge >= 0.3 is 0 Å². The maximum absolute atomic E-state index is 13.2. The van der Waals surface area contributed by atoms with Crippen LogP contribution in [0.3, 0.4) is 0 Å². The largest absolute Gasteiger partial charge is 0.390 e. The molecule has 162 valence electrons. The molecule has 1 saturated carbocycles. The molecule has 2 aliphatic rings. The second-order valence-corrected chi connectivity index (χ2v) is 10.2. The standard InChI is InChI=1S/C20H32N4O4S/c21-16(14-15-8-2-1-3-9-15)19(26)23-24-13-7-5-10-17(25)20(24)29(27,28)18-11-4-6-12-22-18/h4,6,11-12,15-17,20,25H,1-3,5,7-10,13-14,21H2,(H,23,26)/t16?,17?,20-/m0/s1. The van der Waals surface area contributed by atoms with Gasteiger partial charge in [0.05, 0.1) is 12.1 Å². The van der Waals surface area contributed by atoms with E-state index in [1.165, 1.54) is 36.5 Å². The van der Waals surface area contributed by atoms with Crippen LogP contribution in [0.5, 0.6) is 0 Å². The van der Waals surface area contributed by atoms with Crippen molar-refractivity contribution < 1.29 is 18.3 Å². The number of sulfone groups is 1. The first-order valence-corrected chi connectivity index (χ1v) is 12.1. The fraction of sp³-hybridized carbons (Fsp3) is 0.700. The molecule has 2 heterocycles. The van der Waals surface area contributed by atoms with E-state index < -0.39 is 33.3 Å². The summed E-state index contributed by atoms with van der Waals surface area (Å²) < 4.78 is 26.4. The van der Waals surface area contributed by atoms with Gasteiger partial charge in [0.2, 0.25) is 9.84 Å². The molecular weight excluding hydrogens is 392 g/mol. The first-order chi connectivity index (χ1) is 13.9. The van der Waals surface area contributed by atoms with Crippen molar-refractivity contribution in [3.8, 4) is 0 Å². The Morgan fingerprint density at radius 3 is 2.62 bits per heavy atom. The number of carbonyl (C=O) groups is 1. The summed E-state index contributed by atoms with van der Waals surface area (Å²) in [6, 6.07) is 3.93. The number of nitrogens with one attached hydrogen (secondary N) is 1. The molecule has 0 aromatic carbocycles. The number of hydrogen-bond donors (Lipinski definition) is 3. The summed E-state index contributed by atoms with van der Waals surface area (Å²) in [6.07, 6.45) is 8.30. The second-order valence-electron chi connectivity index (χ2n) is 8.18. The summed E-state index contributed by atoms with van der Waals surface area (Å²) in [5.41, 5.74) is 8.85. The van der Waals surface area contributed by atoms with E-state index in [1.54, 1.807) is 12.1 Å². The van der Waals surface area contributed by atoms with Gasteiger partial charge in [-0.3, -0.25) is 10.2 Å². The zero-order chi connectivity index (χ0) is 20.9. The van der Waals surface area contributed by atoms with Crippen LogP contribution in [0.2, 0.25) is 0 Å². The van der Waals surface area contributed by atoms with Crippen molar-refractivity contribution in [3.05, 3.63) is 24.4 Å². The third-order valence-electron chi connectivity index (χ3n) is 5.94. The van der Waals surface area contributed by atoms with E-state index in [-0.39, 0.29) is 5.03 Å². The van der Waals surface area contributed by atoms with Crippen LogP contribution in [0.15, 0.2) is 29.4 Å². The van der Waals surface area contributed by atoms with Crippen LogP contribution in [0, 0.1) is 5.92 Å². The Bertz CT molecular complexity index is 768. The van der Waals surface area contributed by atoms with Crippen LogP contribution < -0.4 is 11.2 Å². The number of hydrogen-bond acceptors (Lipinski definition) is 7. The molecule has 1 aromatic rings. The molecule has 0 radical (unpaired) electrons. The van der Waals surface area contributed by atoms with Gasteiger partial charge in [0.1, 0.15) is 0 Å². The topological polar surface area (TPSA) is 126 Å². The summed E-state index contributed by atoms with van der Waals surface area (Å²) in [6.45, 7) is 0.329. The molecule has 9 heteroatoms. The molecule has 3 rings (SSSR count). The third-order valence-corrected chi connectivity index (χ3v) is 7.96. The summed E-state index contributed by atoms with van der Waals surface area (Å²) in [5.74, 6) is 0.0400. The van der Waals surface area contributed by atoms with Gasteiger partial charge in [-0.1, -0.05) is 38.2 Å². The van der Waals surface area contributed by atoms with E-state index in [2.05, 4.69) is 10.4 Å². The summed E-state index contributed by atoms with van der Waals surface area (Å²) in [4.78, 5) is 16.7. The van der Waals surface area contributed by atoms with E-state index in [4.69, 9.17) is 5.73 Å². The Hall–Kier alpha value is -1.55. The van der Waals surface area contributed by atoms with Crippen molar-refractivity contribution >= 4 is 15.7 Å². The number of nitrogens with two attached hydrogens (primary N) is 1. The minimum Gasteiger partial charge on any atom is -0.390 e. The summed E-state index contributed by atoms with van der Waals surface area (Å²) in [7, 11) is -3.97. The molecule has 8 nitrogen and oxygen atoms in total. The predicted molar refractivity (Wildman–Crippen MR) is 109 cm³/mol. The Morgan fingerprint density at radius 1 is 1.21 bits per heavy atom. The molecular formula is C20H32N4O4S. The van der Waals surface area contributed by atoms with Crippen LogP contribution >= 0.6 is 0 Å². The fourth-order valence-corrected chi connectivity index (χ4v) is 6.13. The van der Waals surface area contributed by atoms with Crippen LogP contribution in [0.4, 0.5) is 0 Å². The molecule has 1 aromatic heterocycles. The maximum atomic E-state index is 13.2.